The topological polar surface area (TPSA) is 59.2 Å². The third-order valence-electron chi connectivity index (χ3n) is 5.70. The smallest absolute Gasteiger partial charge is 0.239 e. The van der Waals surface area contributed by atoms with Gasteiger partial charge in [-0.15, -0.1) is 0 Å². The number of hydrogen-bond donors (Lipinski definition) is 0. The van der Waals surface area contributed by atoms with E-state index in [-0.39, 0.29) is 0 Å². The van der Waals surface area contributed by atoms with Crippen molar-refractivity contribution in [2.75, 3.05) is 38.0 Å². The van der Waals surface area contributed by atoms with Gasteiger partial charge in [0, 0.05) is 50.7 Å². The molecule has 7 heteroatoms. The van der Waals surface area contributed by atoms with Crippen molar-refractivity contribution < 1.29 is 0 Å². The van der Waals surface area contributed by atoms with Gasteiger partial charge in [0.15, 0.2) is 0 Å². The standard InChI is InChI=1S/C25H25N7/c1-16-12-19(31(4)5)10-11-21(16)23-14-20-13-22(17-6-8-18(9-7-17)30(2)3)28-24-26-15-27-25(29-23)32(20)24/h6-15H,1-5H3. The fourth-order valence-corrected chi connectivity index (χ4v) is 3.89. The lowest BCUT2D eigenvalue weighted by atomic mass is 10.00. The molecule has 0 saturated carbocycles. The second-order valence-electron chi connectivity index (χ2n) is 8.35. The molecule has 32 heavy (non-hydrogen) atoms. The van der Waals surface area contributed by atoms with E-state index in [4.69, 9.17) is 9.98 Å². The molecule has 2 aromatic rings. The zero-order valence-electron chi connectivity index (χ0n) is 18.9. The molecule has 160 valence electrons. The van der Waals surface area contributed by atoms with Gasteiger partial charge in [0.1, 0.15) is 6.34 Å². The molecule has 0 radical (unpaired) electrons. The largest absolute Gasteiger partial charge is 0.378 e. The van der Waals surface area contributed by atoms with Crippen molar-refractivity contribution in [1.82, 2.24) is 4.90 Å². The average molecular weight is 424 g/mol. The van der Waals surface area contributed by atoms with Gasteiger partial charge in [-0.1, -0.05) is 18.2 Å². The lowest BCUT2D eigenvalue weighted by Crippen LogP contribution is -2.40. The fraction of sp³-hybridized carbons (Fsp3) is 0.200. The zero-order valence-corrected chi connectivity index (χ0v) is 18.9. The van der Waals surface area contributed by atoms with Gasteiger partial charge < -0.3 is 9.80 Å². The SMILES string of the molecule is Cc1cc(N(C)C)ccc1C1=NC2=NC=NC3=NC(c4ccc(N(C)C)cc4)=CC(=C1)N23. The van der Waals surface area contributed by atoms with Crippen molar-refractivity contribution in [3.05, 3.63) is 77.0 Å². The summed E-state index contributed by atoms with van der Waals surface area (Å²) in [5.41, 5.74) is 8.31. The van der Waals surface area contributed by atoms with Crippen molar-refractivity contribution in [3.63, 3.8) is 0 Å². The van der Waals surface area contributed by atoms with Gasteiger partial charge in [0.05, 0.1) is 17.1 Å². The summed E-state index contributed by atoms with van der Waals surface area (Å²) >= 11 is 0. The van der Waals surface area contributed by atoms with Crippen LogP contribution < -0.4 is 9.80 Å². The van der Waals surface area contributed by atoms with Crippen molar-refractivity contribution in [3.8, 4) is 0 Å². The van der Waals surface area contributed by atoms with Crippen LogP contribution in [0.3, 0.4) is 0 Å². The molecule has 0 bridgehead atoms. The highest BCUT2D eigenvalue weighted by Crippen LogP contribution is 2.31. The molecule has 3 heterocycles. The monoisotopic (exact) mass is 423 g/mol. The van der Waals surface area contributed by atoms with Gasteiger partial charge in [-0.05, 0) is 48.9 Å². The minimum absolute atomic E-state index is 0.581. The molecule has 0 aromatic heterocycles. The molecular weight excluding hydrogens is 398 g/mol. The highest BCUT2D eigenvalue weighted by atomic mass is 15.4. The van der Waals surface area contributed by atoms with Crippen LogP contribution in [0.25, 0.3) is 5.70 Å². The first-order chi connectivity index (χ1) is 15.4. The predicted molar refractivity (Wildman–Crippen MR) is 134 cm³/mol. The molecule has 0 fully saturated rings. The second kappa shape index (κ2) is 7.60. The Labute approximate surface area is 188 Å². The Balaban J connectivity index is 1.57. The van der Waals surface area contributed by atoms with Crippen LogP contribution in [0, 0.1) is 6.92 Å². The zero-order chi connectivity index (χ0) is 22.4. The normalized spacial score (nSPS) is 16.4. The molecule has 0 saturated heterocycles. The van der Waals surface area contributed by atoms with Crippen LogP contribution in [0.4, 0.5) is 11.4 Å². The molecule has 2 aromatic carbocycles. The molecule has 0 N–H and O–H groups in total. The number of allylic oxidation sites excluding steroid dienone is 2. The number of benzene rings is 2. The predicted octanol–water partition coefficient (Wildman–Crippen LogP) is 3.92. The Bertz CT molecular complexity index is 1270. The van der Waals surface area contributed by atoms with Gasteiger partial charge in [-0.25, -0.2) is 24.9 Å². The minimum atomic E-state index is 0.581. The van der Waals surface area contributed by atoms with Gasteiger partial charge in [-0.2, -0.15) is 0 Å². The number of anilines is 2. The minimum Gasteiger partial charge on any atom is -0.378 e. The van der Waals surface area contributed by atoms with Crippen LogP contribution in [-0.2, 0) is 0 Å². The Kier molecular flexibility index (Phi) is 4.74. The van der Waals surface area contributed by atoms with Crippen LogP contribution in [0.2, 0.25) is 0 Å². The maximum absolute atomic E-state index is 4.82. The van der Waals surface area contributed by atoms with E-state index in [2.05, 4.69) is 81.3 Å². The van der Waals surface area contributed by atoms with Crippen LogP contribution >= 0.6 is 0 Å². The van der Waals surface area contributed by atoms with Crippen molar-refractivity contribution >= 4 is 41.0 Å². The molecule has 0 spiro atoms. The first kappa shape index (κ1) is 19.9. The van der Waals surface area contributed by atoms with Gasteiger partial charge in [-0.3, -0.25) is 0 Å². The summed E-state index contributed by atoms with van der Waals surface area (Å²) in [5.74, 6) is 1.17. The summed E-state index contributed by atoms with van der Waals surface area (Å²) in [5, 5.41) is 0. The third-order valence-corrected chi connectivity index (χ3v) is 5.70. The maximum atomic E-state index is 4.82. The van der Waals surface area contributed by atoms with Crippen molar-refractivity contribution in [2.45, 2.75) is 6.92 Å². The van der Waals surface area contributed by atoms with E-state index < -0.39 is 0 Å². The summed E-state index contributed by atoms with van der Waals surface area (Å²) < 4.78 is 0. The highest BCUT2D eigenvalue weighted by Gasteiger charge is 2.31. The van der Waals surface area contributed by atoms with Crippen molar-refractivity contribution in [2.24, 2.45) is 20.0 Å². The van der Waals surface area contributed by atoms with Crippen molar-refractivity contribution in [1.29, 1.82) is 0 Å². The van der Waals surface area contributed by atoms with Crippen LogP contribution in [0.5, 0.6) is 0 Å². The number of aliphatic imine (C=N–C) groups is 4. The molecule has 3 aliphatic heterocycles. The number of rotatable bonds is 4. The summed E-state index contributed by atoms with van der Waals surface area (Å²) in [6, 6.07) is 14.8. The summed E-state index contributed by atoms with van der Waals surface area (Å²) in [7, 11) is 8.16. The van der Waals surface area contributed by atoms with E-state index in [1.165, 1.54) is 11.9 Å². The number of aryl methyl sites for hydroxylation is 1. The molecule has 7 nitrogen and oxygen atoms in total. The van der Waals surface area contributed by atoms with E-state index in [1.54, 1.807) is 0 Å². The Hall–Kier alpha value is -4.00. The Morgan fingerprint density at radius 1 is 0.781 bits per heavy atom. The molecule has 0 atom stereocenters. The number of guanidine groups is 2. The lowest BCUT2D eigenvalue weighted by molar-refractivity contribution is 0.738. The Morgan fingerprint density at radius 2 is 1.50 bits per heavy atom. The summed E-state index contributed by atoms with van der Waals surface area (Å²) in [4.78, 5) is 24.5. The molecule has 0 aliphatic carbocycles. The first-order valence-corrected chi connectivity index (χ1v) is 10.5. The van der Waals surface area contributed by atoms with Gasteiger partial charge >= 0.3 is 0 Å². The Morgan fingerprint density at radius 3 is 2.19 bits per heavy atom. The quantitative estimate of drug-likeness (QED) is 0.749. The lowest BCUT2D eigenvalue weighted by Gasteiger charge is -2.31. The summed E-state index contributed by atoms with van der Waals surface area (Å²) in [6.07, 6.45) is 5.68. The van der Waals surface area contributed by atoms with E-state index in [9.17, 15) is 0 Å². The van der Waals surface area contributed by atoms with Crippen LogP contribution in [0.15, 0.2) is 80.3 Å². The highest BCUT2D eigenvalue weighted by molar-refractivity contribution is 6.22. The number of nitrogens with zero attached hydrogens (tertiary/aromatic N) is 7. The van der Waals surface area contributed by atoms with E-state index in [1.807, 2.05) is 33.1 Å². The molecule has 5 rings (SSSR count). The van der Waals surface area contributed by atoms with Gasteiger partial charge in [0.2, 0.25) is 11.9 Å². The summed E-state index contributed by atoms with van der Waals surface area (Å²) in [6.45, 7) is 2.11. The molecular formula is C25H25N7. The van der Waals surface area contributed by atoms with Crippen LogP contribution in [-0.4, -0.2) is 57.1 Å². The second-order valence-corrected chi connectivity index (χ2v) is 8.35. The van der Waals surface area contributed by atoms with Crippen LogP contribution in [0.1, 0.15) is 16.7 Å². The fourth-order valence-electron chi connectivity index (χ4n) is 3.89. The van der Waals surface area contributed by atoms with E-state index in [0.717, 1.165) is 39.6 Å². The number of hydrogen-bond acceptors (Lipinski definition) is 7. The average Bonchev–Trinajstić information content (AvgIpc) is 2.79. The van der Waals surface area contributed by atoms with E-state index >= 15 is 0 Å². The maximum Gasteiger partial charge on any atom is 0.239 e. The third kappa shape index (κ3) is 3.41. The van der Waals surface area contributed by atoms with Gasteiger partial charge in [0.25, 0.3) is 0 Å². The molecule has 3 aliphatic rings. The first-order valence-electron chi connectivity index (χ1n) is 10.5. The molecule has 0 amide bonds. The molecule has 0 unspecified atom stereocenters. The van der Waals surface area contributed by atoms with E-state index in [0.29, 0.717) is 11.9 Å².